The maximum atomic E-state index is 13.3. The van der Waals surface area contributed by atoms with Gasteiger partial charge in [0.1, 0.15) is 12.4 Å². The Bertz CT molecular complexity index is 730. The van der Waals surface area contributed by atoms with E-state index in [4.69, 9.17) is 9.47 Å². The van der Waals surface area contributed by atoms with Crippen LogP contribution in [0.4, 0.5) is 4.39 Å². The van der Waals surface area contributed by atoms with Crippen molar-refractivity contribution in [1.29, 1.82) is 0 Å². The summed E-state index contributed by atoms with van der Waals surface area (Å²) in [6.07, 6.45) is 2.13. The van der Waals surface area contributed by atoms with Crippen LogP contribution in [0.25, 0.3) is 0 Å². The Hall–Kier alpha value is -2.11. The van der Waals surface area contributed by atoms with Gasteiger partial charge in [0, 0.05) is 26.2 Å². The first-order valence-corrected chi connectivity index (χ1v) is 9.59. The third kappa shape index (κ3) is 5.94. The molecule has 0 bridgehead atoms. The number of likely N-dealkylation sites (N-methyl/N-ethyl adjacent to an activating group) is 1. The molecule has 1 fully saturated rings. The molecule has 2 aromatic carbocycles. The number of ether oxygens (including phenoxy) is 2. The highest BCUT2D eigenvalue weighted by atomic mass is 19.1. The Morgan fingerprint density at radius 2 is 1.78 bits per heavy atom. The normalized spacial score (nSPS) is 15.7. The van der Waals surface area contributed by atoms with Crippen molar-refractivity contribution >= 4 is 0 Å². The summed E-state index contributed by atoms with van der Waals surface area (Å²) in [7, 11) is 3.82. The van der Waals surface area contributed by atoms with Gasteiger partial charge in [-0.25, -0.2) is 4.39 Å². The average molecular weight is 372 g/mol. The van der Waals surface area contributed by atoms with Crippen molar-refractivity contribution in [3.63, 3.8) is 0 Å². The lowest BCUT2D eigenvalue weighted by Gasteiger charge is -2.32. The van der Waals surface area contributed by atoms with Crippen LogP contribution >= 0.6 is 0 Å². The first-order valence-electron chi connectivity index (χ1n) is 9.59. The topological polar surface area (TPSA) is 24.9 Å². The molecule has 0 spiro atoms. The highest BCUT2D eigenvalue weighted by Gasteiger charge is 2.13. The molecule has 4 nitrogen and oxygen atoms in total. The van der Waals surface area contributed by atoms with E-state index in [1.807, 2.05) is 18.2 Å². The van der Waals surface area contributed by atoms with E-state index in [0.717, 1.165) is 51.1 Å². The zero-order valence-electron chi connectivity index (χ0n) is 16.3. The number of methoxy groups -OCH3 is 1. The molecule has 146 valence electrons. The molecule has 0 unspecified atom stereocenters. The molecule has 5 heteroatoms. The number of nitrogens with zero attached hydrogens (tertiary/aromatic N) is 2. The lowest BCUT2D eigenvalue weighted by molar-refractivity contribution is 0.153. The molecule has 0 saturated carbocycles. The third-order valence-electron chi connectivity index (χ3n) is 5.05. The molecule has 0 N–H and O–H groups in total. The van der Waals surface area contributed by atoms with Gasteiger partial charge >= 0.3 is 0 Å². The van der Waals surface area contributed by atoms with Gasteiger partial charge in [-0.2, -0.15) is 0 Å². The fourth-order valence-corrected chi connectivity index (χ4v) is 3.36. The Kier molecular flexibility index (Phi) is 7.07. The van der Waals surface area contributed by atoms with Crippen LogP contribution in [0.15, 0.2) is 42.5 Å². The number of aryl methyl sites for hydroxylation is 1. The summed E-state index contributed by atoms with van der Waals surface area (Å²) in [5.74, 6) is 1.16. The van der Waals surface area contributed by atoms with Crippen molar-refractivity contribution in [2.75, 3.05) is 46.9 Å². The van der Waals surface area contributed by atoms with Gasteiger partial charge in [-0.15, -0.1) is 0 Å². The molecule has 27 heavy (non-hydrogen) atoms. The van der Waals surface area contributed by atoms with E-state index in [0.29, 0.717) is 18.1 Å². The minimum absolute atomic E-state index is 0.249. The lowest BCUT2D eigenvalue weighted by Crippen LogP contribution is -2.44. The Balaban J connectivity index is 1.54. The molecule has 1 heterocycles. The first kappa shape index (κ1) is 19.6. The predicted molar refractivity (Wildman–Crippen MR) is 106 cm³/mol. The van der Waals surface area contributed by atoms with Crippen molar-refractivity contribution in [2.24, 2.45) is 0 Å². The van der Waals surface area contributed by atoms with Crippen molar-refractivity contribution < 1.29 is 13.9 Å². The van der Waals surface area contributed by atoms with E-state index in [1.54, 1.807) is 13.2 Å². The minimum Gasteiger partial charge on any atom is -0.493 e. The Morgan fingerprint density at radius 1 is 0.963 bits per heavy atom. The van der Waals surface area contributed by atoms with E-state index in [1.165, 1.54) is 17.7 Å². The second-order valence-corrected chi connectivity index (χ2v) is 7.15. The van der Waals surface area contributed by atoms with Crippen molar-refractivity contribution in [3.05, 3.63) is 59.4 Å². The number of halogens is 1. The average Bonchev–Trinajstić information content (AvgIpc) is 2.68. The van der Waals surface area contributed by atoms with E-state index in [-0.39, 0.29) is 5.82 Å². The van der Waals surface area contributed by atoms with E-state index < -0.39 is 0 Å². The fraction of sp³-hybridized carbons (Fsp3) is 0.455. The van der Waals surface area contributed by atoms with E-state index >= 15 is 0 Å². The monoisotopic (exact) mass is 372 g/mol. The standard InChI is InChI=1S/C22H29FN2O2/c1-24-11-13-25(14-12-24)10-4-6-18-8-9-21(26-2)22(16-18)27-17-19-5-3-7-20(23)15-19/h3,5,7-9,15-16H,4,6,10-14,17H2,1-2H3. The van der Waals surface area contributed by atoms with Gasteiger partial charge in [0.25, 0.3) is 0 Å². The molecular formula is C22H29FN2O2. The molecule has 2 aromatic rings. The maximum absolute atomic E-state index is 13.3. The summed E-state index contributed by atoms with van der Waals surface area (Å²) < 4.78 is 24.7. The molecule has 1 aliphatic rings. The smallest absolute Gasteiger partial charge is 0.161 e. The van der Waals surface area contributed by atoms with Crippen LogP contribution in [0, 0.1) is 5.82 Å². The zero-order chi connectivity index (χ0) is 19.1. The molecule has 0 radical (unpaired) electrons. The Morgan fingerprint density at radius 3 is 2.52 bits per heavy atom. The molecule has 0 aromatic heterocycles. The highest BCUT2D eigenvalue weighted by Crippen LogP contribution is 2.29. The second kappa shape index (κ2) is 9.72. The molecule has 3 rings (SSSR count). The lowest BCUT2D eigenvalue weighted by atomic mass is 10.1. The van der Waals surface area contributed by atoms with E-state index in [9.17, 15) is 4.39 Å². The second-order valence-electron chi connectivity index (χ2n) is 7.15. The summed E-state index contributed by atoms with van der Waals surface area (Å²) in [5, 5.41) is 0. The molecule has 1 aliphatic heterocycles. The molecule has 1 saturated heterocycles. The van der Waals surface area contributed by atoms with Crippen LogP contribution < -0.4 is 9.47 Å². The van der Waals surface area contributed by atoms with Crippen molar-refractivity contribution in [3.8, 4) is 11.5 Å². The largest absolute Gasteiger partial charge is 0.493 e. The number of benzene rings is 2. The SMILES string of the molecule is COc1ccc(CCCN2CCN(C)CC2)cc1OCc1cccc(F)c1. The summed E-state index contributed by atoms with van der Waals surface area (Å²) in [6, 6.07) is 12.6. The summed E-state index contributed by atoms with van der Waals surface area (Å²) in [4.78, 5) is 4.91. The van der Waals surface area contributed by atoms with Gasteiger partial charge in [-0.3, -0.25) is 0 Å². The van der Waals surface area contributed by atoms with Gasteiger partial charge in [-0.05, 0) is 61.8 Å². The molecule has 0 aliphatic carbocycles. The first-order chi connectivity index (χ1) is 13.1. The van der Waals surface area contributed by atoms with Gasteiger partial charge in [0.2, 0.25) is 0 Å². The maximum Gasteiger partial charge on any atom is 0.161 e. The van der Waals surface area contributed by atoms with Crippen LogP contribution in [0.3, 0.4) is 0 Å². The third-order valence-corrected chi connectivity index (χ3v) is 5.05. The van der Waals surface area contributed by atoms with Gasteiger partial charge < -0.3 is 19.3 Å². The predicted octanol–water partition coefficient (Wildman–Crippen LogP) is 3.59. The summed E-state index contributed by atoms with van der Waals surface area (Å²) in [6.45, 7) is 6.06. The highest BCUT2D eigenvalue weighted by molar-refractivity contribution is 5.43. The zero-order valence-corrected chi connectivity index (χ0v) is 16.3. The van der Waals surface area contributed by atoms with Gasteiger partial charge in [-0.1, -0.05) is 18.2 Å². The van der Waals surface area contributed by atoms with Crippen LogP contribution in [-0.2, 0) is 13.0 Å². The van der Waals surface area contributed by atoms with Crippen LogP contribution in [0.1, 0.15) is 17.5 Å². The number of rotatable bonds is 8. The number of piperazine rings is 1. The number of hydrogen-bond acceptors (Lipinski definition) is 4. The van der Waals surface area contributed by atoms with Crippen molar-refractivity contribution in [1.82, 2.24) is 9.80 Å². The number of hydrogen-bond donors (Lipinski definition) is 0. The van der Waals surface area contributed by atoms with Crippen LogP contribution in [0.2, 0.25) is 0 Å². The minimum atomic E-state index is -0.249. The molecule has 0 atom stereocenters. The van der Waals surface area contributed by atoms with Crippen LogP contribution in [0.5, 0.6) is 11.5 Å². The fourth-order valence-electron chi connectivity index (χ4n) is 3.36. The quantitative estimate of drug-likeness (QED) is 0.707. The van der Waals surface area contributed by atoms with E-state index in [2.05, 4.69) is 22.9 Å². The van der Waals surface area contributed by atoms with Crippen LogP contribution in [-0.4, -0.2) is 56.7 Å². The molecular weight excluding hydrogens is 343 g/mol. The van der Waals surface area contributed by atoms with Gasteiger partial charge in [0.05, 0.1) is 7.11 Å². The summed E-state index contributed by atoms with van der Waals surface area (Å²) >= 11 is 0. The summed E-state index contributed by atoms with van der Waals surface area (Å²) in [5.41, 5.74) is 2.04. The van der Waals surface area contributed by atoms with Gasteiger partial charge in [0.15, 0.2) is 11.5 Å². The van der Waals surface area contributed by atoms with Crippen molar-refractivity contribution in [2.45, 2.75) is 19.4 Å². The molecule has 0 amide bonds. The Labute approximate surface area is 161 Å².